The molecule has 1 heteroatoms. The number of rotatable bonds is 7. The zero-order chi connectivity index (χ0) is 19.6. The lowest BCUT2D eigenvalue weighted by Crippen LogP contribution is -2.12. The molecule has 0 N–H and O–H groups in total. The number of aryl methyl sites for hydroxylation is 1. The first-order chi connectivity index (χ1) is 13.7. The van der Waals surface area contributed by atoms with Crippen LogP contribution in [0.5, 0.6) is 5.75 Å². The van der Waals surface area contributed by atoms with E-state index in [-0.39, 0.29) is 0 Å². The van der Waals surface area contributed by atoms with E-state index < -0.39 is 0 Å². The van der Waals surface area contributed by atoms with Gasteiger partial charge in [-0.2, -0.15) is 0 Å². The van der Waals surface area contributed by atoms with Crippen LogP contribution in [0.4, 0.5) is 0 Å². The summed E-state index contributed by atoms with van der Waals surface area (Å²) in [4.78, 5) is 0. The van der Waals surface area contributed by atoms with Crippen molar-refractivity contribution in [1.82, 2.24) is 0 Å². The molecule has 2 aromatic carbocycles. The standard InChI is InChI=1S/C27H34O/c1-3-4-5-6-21-28-27-19-13-24(14-20-27)10-9-23-11-17-26(18-12-23)25-15-7-22(2)8-16-25/h7-8,13-16,19-20,23,26H,3-6,11-12,17-18,21H2,1-2H3. The molecule has 1 saturated carbocycles. The number of hydrogen-bond donors (Lipinski definition) is 0. The molecule has 0 unspecified atom stereocenters. The second kappa shape index (κ2) is 11.0. The fourth-order valence-electron chi connectivity index (χ4n) is 3.95. The quantitative estimate of drug-likeness (QED) is 0.365. The first kappa shape index (κ1) is 20.5. The van der Waals surface area contributed by atoms with E-state index in [1.54, 1.807) is 0 Å². The summed E-state index contributed by atoms with van der Waals surface area (Å²) in [6.07, 6.45) is 9.90. The molecule has 0 amide bonds. The molecular formula is C27H34O. The van der Waals surface area contributed by atoms with Crippen molar-refractivity contribution in [3.63, 3.8) is 0 Å². The van der Waals surface area contributed by atoms with E-state index in [4.69, 9.17) is 4.74 Å². The second-order valence-corrected chi connectivity index (χ2v) is 8.16. The van der Waals surface area contributed by atoms with Gasteiger partial charge < -0.3 is 4.74 Å². The van der Waals surface area contributed by atoms with Gasteiger partial charge in [0.25, 0.3) is 0 Å². The number of hydrogen-bond acceptors (Lipinski definition) is 1. The summed E-state index contributed by atoms with van der Waals surface area (Å²) in [5, 5.41) is 0. The lowest BCUT2D eigenvalue weighted by Gasteiger charge is -2.26. The zero-order valence-corrected chi connectivity index (χ0v) is 17.5. The fraction of sp³-hybridized carbons (Fsp3) is 0.481. The van der Waals surface area contributed by atoms with Crippen LogP contribution in [0.1, 0.15) is 80.9 Å². The van der Waals surface area contributed by atoms with Gasteiger partial charge in [0, 0.05) is 11.5 Å². The van der Waals surface area contributed by atoms with Gasteiger partial charge in [0.05, 0.1) is 6.61 Å². The van der Waals surface area contributed by atoms with E-state index in [0.717, 1.165) is 24.3 Å². The van der Waals surface area contributed by atoms with Crippen molar-refractivity contribution >= 4 is 0 Å². The van der Waals surface area contributed by atoms with Gasteiger partial charge in [-0.1, -0.05) is 67.9 Å². The van der Waals surface area contributed by atoms with Crippen molar-refractivity contribution in [3.05, 3.63) is 65.2 Å². The molecule has 0 heterocycles. The molecule has 3 rings (SSSR count). The van der Waals surface area contributed by atoms with Gasteiger partial charge in [0.2, 0.25) is 0 Å². The Morgan fingerprint density at radius 1 is 0.857 bits per heavy atom. The van der Waals surface area contributed by atoms with E-state index in [9.17, 15) is 0 Å². The molecule has 0 aliphatic heterocycles. The van der Waals surface area contributed by atoms with Crippen LogP contribution in [0.25, 0.3) is 0 Å². The molecule has 0 spiro atoms. The Morgan fingerprint density at radius 2 is 1.57 bits per heavy atom. The zero-order valence-electron chi connectivity index (χ0n) is 17.5. The highest BCUT2D eigenvalue weighted by Crippen LogP contribution is 2.35. The van der Waals surface area contributed by atoms with Crippen LogP contribution >= 0.6 is 0 Å². The molecule has 2 aromatic rings. The maximum atomic E-state index is 5.82. The molecule has 1 nitrogen and oxygen atoms in total. The smallest absolute Gasteiger partial charge is 0.119 e. The highest BCUT2D eigenvalue weighted by molar-refractivity contribution is 5.38. The van der Waals surface area contributed by atoms with Gasteiger partial charge in [-0.15, -0.1) is 0 Å². The van der Waals surface area contributed by atoms with Crippen molar-refractivity contribution in [1.29, 1.82) is 0 Å². The van der Waals surface area contributed by atoms with Crippen LogP contribution in [0, 0.1) is 24.7 Å². The molecule has 1 aliphatic rings. The molecule has 148 valence electrons. The molecular weight excluding hydrogens is 340 g/mol. The van der Waals surface area contributed by atoms with Crippen LogP contribution < -0.4 is 4.74 Å². The average molecular weight is 375 g/mol. The van der Waals surface area contributed by atoms with E-state index >= 15 is 0 Å². The topological polar surface area (TPSA) is 9.23 Å². The van der Waals surface area contributed by atoms with Gasteiger partial charge in [-0.05, 0) is 74.8 Å². The predicted molar refractivity (Wildman–Crippen MR) is 119 cm³/mol. The van der Waals surface area contributed by atoms with Crippen LogP contribution in [0.15, 0.2) is 48.5 Å². The Kier molecular flexibility index (Phi) is 8.04. The maximum Gasteiger partial charge on any atom is 0.119 e. The van der Waals surface area contributed by atoms with Gasteiger partial charge in [-0.25, -0.2) is 0 Å². The van der Waals surface area contributed by atoms with Gasteiger partial charge in [0.15, 0.2) is 0 Å². The highest BCUT2D eigenvalue weighted by atomic mass is 16.5. The third-order valence-corrected chi connectivity index (χ3v) is 5.82. The Morgan fingerprint density at radius 3 is 2.25 bits per heavy atom. The highest BCUT2D eigenvalue weighted by Gasteiger charge is 2.20. The van der Waals surface area contributed by atoms with Crippen LogP contribution in [-0.2, 0) is 0 Å². The van der Waals surface area contributed by atoms with Crippen molar-refractivity contribution in [2.24, 2.45) is 5.92 Å². The number of unbranched alkanes of at least 4 members (excludes halogenated alkanes) is 3. The van der Waals surface area contributed by atoms with Crippen molar-refractivity contribution in [2.75, 3.05) is 6.61 Å². The van der Waals surface area contributed by atoms with Gasteiger partial charge >= 0.3 is 0 Å². The maximum absolute atomic E-state index is 5.82. The third-order valence-electron chi connectivity index (χ3n) is 5.82. The number of ether oxygens (including phenoxy) is 1. The first-order valence-electron chi connectivity index (χ1n) is 11.1. The summed E-state index contributed by atoms with van der Waals surface area (Å²) in [6, 6.07) is 17.4. The van der Waals surface area contributed by atoms with Gasteiger partial charge in [0.1, 0.15) is 5.75 Å². The molecule has 0 radical (unpaired) electrons. The fourth-order valence-corrected chi connectivity index (χ4v) is 3.95. The third kappa shape index (κ3) is 6.45. The molecule has 28 heavy (non-hydrogen) atoms. The van der Waals surface area contributed by atoms with E-state index in [0.29, 0.717) is 11.8 Å². The molecule has 0 saturated heterocycles. The monoisotopic (exact) mass is 374 g/mol. The summed E-state index contributed by atoms with van der Waals surface area (Å²) in [7, 11) is 0. The molecule has 0 bridgehead atoms. The number of benzene rings is 2. The van der Waals surface area contributed by atoms with Crippen molar-refractivity contribution < 1.29 is 4.74 Å². The minimum atomic E-state index is 0.538. The minimum absolute atomic E-state index is 0.538. The first-order valence-corrected chi connectivity index (χ1v) is 11.1. The molecule has 0 aromatic heterocycles. The van der Waals surface area contributed by atoms with E-state index in [2.05, 4.69) is 74.2 Å². The van der Waals surface area contributed by atoms with E-state index in [1.807, 2.05) is 0 Å². The molecule has 1 aliphatic carbocycles. The SMILES string of the molecule is CCCCCCOc1ccc(C#CC2CCC(c3ccc(C)cc3)CC2)cc1. The molecule has 1 fully saturated rings. The summed E-state index contributed by atoms with van der Waals surface area (Å²) >= 11 is 0. The summed E-state index contributed by atoms with van der Waals surface area (Å²) in [5.41, 5.74) is 3.94. The van der Waals surface area contributed by atoms with Gasteiger partial charge in [-0.3, -0.25) is 0 Å². The largest absolute Gasteiger partial charge is 0.494 e. The minimum Gasteiger partial charge on any atom is -0.494 e. The average Bonchev–Trinajstić information content (AvgIpc) is 2.74. The summed E-state index contributed by atoms with van der Waals surface area (Å²) in [5.74, 6) is 9.11. The van der Waals surface area contributed by atoms with Crippen LogP contribution in [-0.4, -0.2) is 6.61 Å². The van der Waals surface area contributed by atoms with E-state index in [1.165, 1.54) is 56.1 Å². The normalized spacial score (nSPS) is 18.9. The van der Waals surface area contributed by atoms with Crippen LogP contribution in [0.3, 0.4) is 0 Å². The summed E-state index contributed by atoms with van der Waals surface area (Å²) < 4.78 is 5.82. The predicted octanol–water partition coefficient (Wildman–Crippen LogP) is 7.28. The lowest BCUT2D eigenvalue weighted by atomic mass is 9.79. The lowest BCUT2D eigenvalue weighted by molar-refractivity contribution is 0.305. The Bertz CT molecular complexity index is 753. The summed E-state index contributed by atoms with van der Waals surface area (Å²) in [6.45, 7) is 5.20. The Labute approximate surface area is 171 Å². The molecule has 0 atom stereocenters. The Balaban J connectivity index is 1.43. The second-order valence-electron chi connectivity index (χ2n) is 8.16. The van der Waals surface area contributed by atoms with Crippen molar-refractivity contribution in [2.45, 2.75) is 71.1 Å². The van der Waals surface area contributed by atoms with Crippen LogP contribution in [0.2, 0.25) is 0 Å². The van der Waals surface area contributed by atoms with Crippen molar-refractivity contribution in [3.8, 4) is 17.6 Å². The Hall–Kier alpha value is -2.20.